The molecular formula is C15H16N2. The first-order chi connectivity index (χ1) is 8.34. The van der Waals surface area contributed by atoms with E-state index >= 15 is 0 Å². The molecular weight excluding hydrogens is 208 g/mol. The summed E-state index contributed by atoms with van der Waals surface area (Å²) in [7, 11) is 0. The molecule has 0 aromatic heterocycles. The van der Waals surface area contributed by atoms with E-state index < -0.39 is 0 Å². The van der Waals surface area contributed by atoms with Crippen LogP contribution < -0.4 is 11.1 Å². The number of benzene rings is 2. The first kappa shape index (κ1) is 10.2. The van der Waals surface area contributed by atoms with Gasteiger partial charge in [0.25, 0.3) is 0 Å². The lowest BCUT2D eigenvalue weighted by Crippen LogP contribution is -2.17. The molecule has 2 aromatic rings. The minimum absolute atomic E-state index is 0.494. The molecule has 17 heavy (non-hydrogen) atoms. The van der Waals surface area contributed by atoms with Gasteiger partial charge in [0.15, 0.2) is 0 Å². The van der Waals surface area contributed by atoms with Gasteiger partial charge in [-0.2, -0.15) is 0 Å². The molecule has 0 spiro atoms. The van der Waals surface area contributed by atoms with Crippen LogP contribution in [0.15, 0.2) is 48.5 Å². The lowest BCUT2D eigenvalue weighted by atomic mass is 9.85. The average Bonchev–Trinajstić information content (AvgIpc) is 2.39. The summed E-state index contributed by atoms with van der Waals surface area (Å²) in [6.45, 7) is 1.03. The van der Waals surface area contributed by atoms with Crippen molar-refractivity contribution in [3.8, 4) is 0 Å². The molecule has 1 heterocycles. The zero-order chi connectivity index (χ0) is 11.7. The molecule has 0 bridgehead atoms. The Morgan fingerprint density at radius 3 is 2.59 bits per heavy atom. The Morgan fingerprint density at radius 2 is 1.76 bits per heavy atom. The van der Waals surface area contributed by atoms with Crippen LogP contribution in [0.2, 0.25) is 0 Å². The average molecular weight is 224 g/mol. The summed E-state index contributed by atoms with van der Waals surface area (Å²) in [6.07, 6.45) is 1.14. The van der Waals surface area contributed by atoms with Crippen molar-refractivity contribution in [2.45, 2.75) is 12.3 Å². The third kappa shape index (κ3) is 1.86. The number of hydrogen-bond acceptors (Lipinski definition) is 2. The smallest absolute Gasteiger partial charge is 0.0379 e. The number of hydrogen-bond donors (Lipinski definition) is 2. The van der Waals surface area contributed by atoms with E-state index in [2.05, 4.69) is 41.7 Å². The molecule has 0 amide bonds. The Hall–Kier alpha value is -1.96. The van der Waals surface area contributed by atoms with Gasteiger partial charge in [0.1, 0.15) is 0 Å². The summed E-state index contributed by atoms with van der Waals surface area (Å²) in [5, 5.41) is 3.45. The molecule has 3 rings (SSSR count). The normalized spacial score (nSPS) is 18.2. The Labute approximate surface area is 101 Å². The van der Waals surface area contributed by atoms with Crippen molar-refractivity contribution >= 4 is 11.4 Å². The van der Waals surface area contributed by atoms with Gasteiger partial charge in [-0.05, 0) is 35.7 Å². The van der Waals surface area contributed by atoms with E-state index in [9.17, 15) is 0 Å². The maximum atomic E-state index is 5.74. The Morgan fingerprint density at radius 1 is 1.00 bits per heavy atom. The molecule has 2 aromatic carbocycles. The van der Waals surface area contributed by atoms with E-state index in [1.165, 1.54) is 16.8 Å². The first-order valence-electron chi connectivity index (χ1n) is 6.03. The zero-order valence-corrected chi connectivity index (χ0v) is 9.69. The van der Waals surface area contributed by atoms with Crippen LogP contribution >= 0.6 is 0 Å². The third-order valence-electron chi connectivity index (χ3n) is 3.42. The number of nitrogen functional groups attached to an aromatic ring is 1. The minimum atomic E-state index is 0.494. The second-order valence-corrected chi connectivity index (χ2v) is 4.52. The van der Waals surface area contributed by atoms with Crippen LogP contribution in [-0.4, -0.2) is 6.54 Å². The molecule has 0 unspecified atom stereocenters. The van der Waals surface area contributed by atoms with Gasteiger partial charge in [0.2, 0.25) is 0 Å². The van der Waals surface area contributed by atoms with Crippen molar-refractivity contribution < 1.29 is 0 Å². The molecule has 3 N–H and O–H groups in total. The Kier molecular flexibility index (Phi) is 2.48. The highest BCUT2D eigenvalue weighted by Crippen LogP contribution is 2.36. The lowest BCUT2D eigenvalue weighted by Gasteiger charge is -2.27. The standard InChI is InChI=1S/C15H16N2/c16-12-7-5-11(6-8-12)13-9-10-17-15-4-2-1-3-14(13)15/h1-8,13,17H,9-10,16H2/t13-/m1/s1. The minimum Gasteiger partial charge on any atom is -0.399 e. The van der Waals surface area contributed by atoms with Gasteiger partial charge in [-0.25, -0.2) is 0 Å². The van der Waals surface area contributed by atoms with Gasteiger partial charge in [0.05, 0.1) is 0 Å². The van der Waals surface area contributed by atoms with E-state index in [0.717, 1.165) is 18.7 Å². The highest BCUT2D eigenvalue weighted by Gasteiger charge is 2.20. The number of fused-ring (bicyclic) bond motifs is 1. The second kappa shape index (κ2) is 4.13. The highest BCUT2D eigenvalue weighted by atomic mass is 14.9. The quantitative estimate of drug-likeness (QED) is 0.730. The van der Waals surface area contributed by atoms with Crippen molar-refractivity contribution in [1.82, 2.24) is 0 Å². The van der Waals surface area contributed by atoms with Crippen molar-refractivity contribution in [2.24, 2.45) is 0 Å². The summed E-state index contributed by atoms with van der Waals surface area (Å²) < 4.78 is 0. The number of rotatable bonds is 1. The van der Waals surface area contributed by atoms with Crippen LogP contribution in [-0.2, 0) is 0 Å². The van der Waals surface area contributed by atoms with Gasteiger partial charge in [0, 0.05) is 23.8 Å². The van der Waals surface area contributed by atoms with Crippen LogP contribution in [0.3, 0.4) is 0 Å². The molecule has 0 fully saturated rings. The summed E-state index contributed by atoms with van der Waals surface area (Å²) >= 11 is 0. The predicted molar refractivity (Wildman–Crippen MR) is 72.2 cm³/mol. The van der Waals surface area contributed by atoms with Crippen LogP contribution in [0.25, 0.3) is 0 Å². The fraction of sp³-hybridized carbons (Fsp3) is 0.200. The largest absolute Gasteiger partial charge is 0.399 e. The molecule has 2 nitrogen and oxygen atoms in total. The van der Waals surface area contributed by atoms with Crippen molar-refractivity contribution in [1.29, 1.82) is 0 Å². The molecule has 0 radical (unpaired) electrons. The maximum Gasteiger partial charge on any atom is 0.0379 e. The Balaban J connectivity index is 2.03. The van der Waals surface area contributed by atoms with Gasteiger partial charge in [-0.1, -0.05) is 30.3 Å². The van der Waals surface area contributed by atoms with Gasteiger partial charge in [-0.15, -0.1) is 0 Å². The highest BCUT2D eigenvalue weighted by molar-refractivity contribution is 5.57. The molecule has 2 heteroatoms. The Bertz CT molecular complexity index is 517. The zero-order valence-electron chi connectivity index (χ0n) is 9.69. The fourth-order valence-corrected chi connectivity index (χ4v) is 2.54. The molecule has 1 atom stereocenters. The van der Waals surface area contributed by atoms with Crippen molar-refractivity contribution in [3.05, 3.63) is 59.7 Å². The van der Waals surface area contributed by atoms with E-state index in [-0.39, 0.29) is 0 Å². The summed E-state index contributed by atoms with van der Waals surface area (Å²) in [5.41, 5.74) is 10.6. The first-order valence-corrected chi connectivity index (χ1v) is 6.03. The fourth-order valence-electron chi connectivity index (χ4n) is 2.54. The molecule has 0 saturated carbocycles. The van der Waals surface area contributed by atoms with Crippen molar-refractivity contribution in [3.63, 3.8) is 0 Å². The van der Waals surface area contributed by atoms with E-state index in [4.69, 9.17) is 5.73 Å². The monoisotopic (exact) mass is 224 g/mol. The van der Waals surface area contributed by atoms with Crippen molar-refractivity contribution in [2.75, 3.05) is 17.6 Å². The topological polar surface area (TPSA) is 38.0 Å². The van der Waals surface area contributed by atoms with Gasteiger partial charge < -0.3 is 11.1 Å². The summed E-state index contributed by atoms with van der Waals surface area (Å²) in [4.78, 5) is 0. The molecule has 0 aliphatic carbocycles. The van der Waals surface area contributed by atoms with Gasteiger partial charge in [-0.3, -0.25) is 0 Å². The molecule has 1 aliphatic heterocycles. The second-order valence-electron chi connectivity index (χ2n) is 4.52. The third-order valence-corrected chi connectivity index (χ3v) is 3.42. The summed E-state index contributed by atoms with van der Waals surface area (Å²) in [5.74, 6) is 0.494. The lowest BCUT2D eigenvalue weighted by molar-refractivity contribution is 0.720. The predicted octanol–water partition coefficient (Wildman–Crippen LogP) is 3.22. The molecule has 86 valence electrons. The number of para-hydroxylation sites is 1. The molecule has 1 aliphatic rings. The van der Waals surface area contributed by atoms with Crippen LogP contribution in [0, 0.1) is 0 Å². The van der Waals surface area contributed by atoms with E-state index in [1.54, 1.807) is 0 Å². The number of anilines is 2. The van der Waals surface area contributed by atoms with Crippen LogP contribution in [0.1, 0.15) is 23.5 Å². The van der Waals surface area contributed by atoms with Crippen LogP contribution in [0.4, 0.5) is 11.4 Å². The van der Waals surface area contributed by atoms with Gasteiger partial charge >= 0.3 is 0 Å². The molecule has 0 saturated heterocycles. The van der Waals surface area contributed by atoms with E-state index in [0.29, 0.717) is 5.92 Å². The maximum absolute atomic E-state index is 5.74. The van der Waals surface area contributed by atoms with Crippen LogP contribution in [0.5, 0.6) is 0 Å². The number of nitrogens with two attached hydrogens (primary N) is 1. The van der Waals surface area contributed by atoms with E-state index in [1.807, 2.05) is 12.1 Å². The SMILES string of the molecule is Nc1ccc([C@H]2CCNc3ccccc32)cc1. The number of nitrogens with one attached hydrogen (secondary N) is 1. The summed E-state index contributed by atoms with van der Waals surface area (Å²) in [6, 6.07) is 16.8.